The predicted molar refractivity (Wildman–Crippen MR) is 63.4 cm³/mol. The van der Waals surface area contributed by atoms with Gasteiger partial charge in [-0.15, -0.1) is 0 Å². The van der Waals surface area contributed by atoms with Gasteiger partial charge >= 0.3 is 0 Å². The molecule has 0 aromatic heterocycles. The zero-order valence-corrected chi connectivity index (χ0v) is 10.0. The van der Waals surface area contributed by atoms with Crippen LogP contribution in [-0.2, 0) is 12.0 Å². The number of rotatable bonds is 0. The zero-order chi connectivity index (χ0) is 11.4. The Morgan fingerprint density at radius 1 is 1.19 bits per heavy atom. The van der Waals surface area contributed by atoms with Gasteiger partial charge in [0.05, 0.1) is 5.54 Å². The van der Waals surface area contributed by atoms with Crippen LogP contribution in [0.4, 0.5) is 0 Å². The Kier molecular flexibility index (Phi) is 1.99. The molecule has 1 aromatic carbocycles. The molecule has 2 bridgehead atoms. The topological polar surface area (TPSA) is 23.5 Å². The Hall–Kier alpha value is -0.860. The molecule has 3 rings (SSSR count). The van der Waals surface area contributed by atoms with Crippen molar-refractivity contribution in [1.29, 1.82) is 0 Å². The third-order valence-electron chi connectivity index (χ3n) is 4.42. The molecule has 1 N–H and O–H groups in total. The highest BCUT2D eigenvalue weighted by Gasteiger charge is 2.51. The highest BCUT2D eigenvalue weighted by molar-refractivity contribution is 5.35. The van der Waals surface area contributed by atoms with E-state index >= 15 is 0 Å². The maximum absolute atomic E-state index is 10.5. The first-order chi connectivity index (χ1) is 7.55. The van der Waals surface area contributed by atoms with Crippen molar-refractivity contribution < 1.29 is 5.21 Å². The Balaban J connectivity index is 2.09. The van der Waals surface area contributed by atoms with E-state index in [-0.39, 0.29) is 11.1 Å². The number of hydrogen-bond donors (Lipinski definition) is 1. The maximum atomic E-state index is 10.5. The van der Waals surface area contributed by atoms with E-state index in [2.05, 4.69) is 38.1 Å². The van der Waals surface area contributed by atoms with Crippen molar-refractivity contribution in [2.45, 2.75) is 50.6 Å². The fourth-order valence-corrected chi connectivity index (χ4v) is 3.31. The summed E-state index contributed by atoms with van der Waals surface area (Å²) in [7, 11) is 0. The summed E-state index contributed by atoms with van der Waals surface area (Å²) in [5, 5.41) is 12.1. The third-order valence-corrected chi connectivity index (χ3v) is 4.42. The molecule has 1 heterocycles. The van der Waals surface area contributed by atoms with Gasteiger partial charge in [-0.2, -0.15) is 5.06 Å². The molecule has 0 amide bonds. The van der Waals surface area contributed by atoms with Crippen molar-refractivity contribution in [1.82, 2.24) is 5.06 Å². The third kappa shape index (κ3) is 1.20. The van der Waals surface area contributed by atoms with Crippen molar-refractivity contribution >= 4 is 0 Å². The summed E-state index contributed by atoms with van der Waals surface area (Å²) in [4.78, 5) is 0. The Bertz CT molecular complexity index is 426. The molecule has 0 saturated carbocycles. The summed E-state index contributed by atoms with van der Waals surface area (Å²) in [6.45, 7) is 4.25. The van der Waals surface area contributed by atoms with Crippen molar-refractivity contribution in [3.05, 3.63) is 35.4 Å². The minimum absolute atomic E-state index is 0.0899. The molecule has 16 heavy (non-hydrogen) atoms. The summed E-state index contributed by atoms with van der Waals surface area (Å²) in [6, 6.07) is 8.71. The lowest BCUT2D eigenvalue weighted by Crippen LogP contribution is -2.48. The molecule has 1 fully saturated rings. The molecule has 86 valence electrons. The number of hydroxylamine groups is 2. The standard InChI is InChI=1S/C14H19NO/c1-13(2)8-9-14(15(13)16)7-6-11-4-3-5-12(14)10-11/h3-5,10,16H,6-9H2,1-2H3. The minimum atomic E-state index is -0.113. The van der Waals surface area contributed by atoms with Crippen LogP contribution < -0.4 is 0 Å². The van der Waals surface area contributed by atoms with E-state index in [1.165, 1.54) is 11.1 Å². The van der Waals surface area contributed by atoms with Gasteiger partial charge in [0.15, 0.2) is 0 Å². The van der Waals surface area contributed by atoms with Gasteiger partial charge in [-0.3, -0.25) is 0 Å². The summed E-state index contributed by atoms with van der Waals surface area (Å²) >= 11 is 0. The van der Waals surface area contributed by atoms with E-state index in [4.69, 9.17) is 0 Å². The molecule has 1 saturated heterocycles. The van der Waals surface area contributed by atoms with E-state index in [1.54, 1.807) is 5.06 Å². The van der Waals surface area contributed by atoms with Crippen molar-refractivity contribution in [2.24, 2.45) is 0 Å². The number of fused-ring (bicyclic) bond motifs is 3. The lowest BCUT2D eigenvalue weighted by molar-refractivity contribution is -0.209. The van der Waals surface area contributed by atoms with Crippen LogP contribution in [0, 0.1) is 0 Å². The molecule has 2 nitrogen and oxygen atoms in total. The summed E-state index contributed by atoms with van der Waals surface area (Å²) in [5.41, 5.74) is 2.50. The van der Waals surface area contributed by atoms with E-state index in [9.17, 15) is 5.21 Å². The Morgan fingerprint density at radius 3 is 2.69 bits per heavy atom. The highest BCUT2D eigenvalue weighted by Crippen LogP contribution is 2.50. The van der Waals surface area contributed by atoms with Gasteiger partial charge in [0.25, 0.3) is 0 Å². The summed E-state index contributed by atoms with van der Waals surface area (Å²) in [5.74, 6) is 0. The first kappa shape index (κ1) is 10.3. The summed E-state index contributed by atoms with van der Waals surface area (Å²) in [6.07, 6.45) is 4.27. The van der Waals surface area contributed by atoms with Crippen LogP contribution in [0.1, 0.15) is 44.2 Å². The normalized spacial score (nSPS) is 32.2. The Labute approximate surface area is 96.8 Å². The molecule has 2 aliphatic rings. The maximum Gasteiger partial charge on any atom is 0.0718 e. The largest absolute Gasteiger partial charge is 0.313 e. The van der Waals surface area contributed by atoms with Crippen molar-refractivity contribution in [2.75, 3.05) is 0 Å². The monoisotopic (exact) mass is 217 g/mol. The molecule has 1 aliphatic carbocycles. The van der Waals surface area contributed by atoms with Crippen molar-refractivity contribution in [3.63, 3.8) is 0 Å². The SMILES string of the molecule is CC1(C)CCC2(CCc3cccc2c3)N1O. The van der Waals surface area contributed by atoms with Gasteiger partial charge in [0, 0.05) is 5.54 Å². The molecule has 1 aromatic rings. The van der Waals surface area contributed by atoms with Gasteiger partial charge < -0.3 is 5.21 Å². The van der Waals surface area contributed by atoms with E-state index in [1.807, 2.05) is 0 Å². The second-order valence-corrected chi connectivity index (χ2v) is 5.86. The number of hydrogen-bond acceptors (Lipinski definition) is 2. The second kappa shape index (κ2) is 3.08. The van der Waals surface area contributed by atoms with Crippen LogP contribution in [0.15, 0.2) is 24.3 Å². The fraction of sp³-hybridized carbons (Fsp3) is 0.571. The first-order valence-corrected chi connectivity index (χ1v) is 6.13. The van der Waals surface area contributed by atoms with Crippen LogP contribution in [-0.4, -0.2) is 15.8 Å². The molecule has 1 aliphatic heterocycles. The molecule has 1 unspecified atom stereocenters. The van der Waals surface area contributed by atoms with Gasteiger partial charge in [-0.25, -0.2) is 0 Å². The van der Waals surface area contributed by atoms with Gasteiger partial charge in [0.1, 0.15) is 0 Å². The predicted octanol–water partition coefficient (Wildman–Crippen LogP) is 3.09. The fourth-order valence-electron chi connectivity index (χ4n) is 3.31. The van der Waals surface area contributed by atoms with E-state index < -0.39 is 0 Å². The number of nitrogens with zero attached hydrogens (tertiary/aromatic N) is 1. The molecular weight excluding hydrogens is 198 g/mol. The molecular formula is C14H19NO. The minimum Gasteiger partial charge on any atom is -0.313 e. The molecule has 2 heteroatoms. The van der Waals surface area contributed by atoms with E-state index in [0.29, 0.717) is 0 Å². The molecule has 1 spiro atoms. The molecule has 0 radical (unpaired) electrons. The quantitative estimate of drug-likeness (QED) is 0.722. The number of aryl methyl sites for hydroxylation is 1. The number of benzene rings is 1. The van der Waals surface area contributed by atoms with Crippen LogP contribution in [0.25, 0.3) is 0 Å². The first-order valence-electron chi connectivity index (χ1n) is 6.13. The second-order valence-electron chi connectivity index (χ2n) is 5.86. The Morgan fingerprint density at radius 2 is 2.00 bits per heavy atom. The lowest BCUT2D eigenvalue weighted by atomic mass is 9.78. The van der Waals surface area contributed by atoms with Crippen LogP contribution in [0.2, 0.25) is 0 Å². The van der Waals surface area contributed by atoms with E-state index in [0.717, 1.165) is 25.7 Å². The van der Waals surface area contributed by atoms with Crippen LogP contribution in [0.3, 0.4) is 0 Å². The van der Waals surface area contributed by atoms with Gasteiger partial charge in [0.2, 0.25) is 0 Å². The average molecular weight is 217 g/mol. The highest BCUT2D eigenvalue weighted by atomic mass is 16.5. The van der Waals surface area contributed by atoms with Crippen molar-refractivity contribution in [3.8, 4) is 0 Å². The van der Waals surface area contributed by atoms with Gasteiger partial charge in [-0.05, 0) is 50.7 Å². The zero-order valence-electron chi connectivity index (χ0n) is 10.0. The average Bonchev–Trinajstić information content (AvgIpc) is 2.50. The van der Waals surface area contributed by atoms with Crippen LogP contribution >= 0.6 is 0 Å². The van der Waals surface area contributed by atoms with Crippen LogP contribution in [0.5, 0.6) is 0 Å². The molecule has 1 atom stereocenters. The summed E-state index contributed by atoms with van der Waals surface area (Å²) < 4.78 is 0. The van der Waals surface area contributed by atoms with Gasteiger partial charge in [-0.1, -0.05) is 24.3 Å². The smallest absolute Gasteiger partial charge is 0.0718 e. The lowest BCUT2D eigenvalue weighted by Gasteiger charge is -2.42.